The van der Waals surface area contributed by atoms with Crippen LogP contribution in [0, 0.1) is 12.3 Å². The second-order valence-electron chi connectivity index (χ2n) is 12.6. The predicted molar refractivity (Wildman–Crippen MR) is 175 cm³/mol. The number of aromatic nitrogens is 3. The Morgan fingerprint density at radius 1 is 1.20 bits per heavy atom. The van der Waals surface area contributed by atoms with Gasteiger partial charge in [-0.25, -0.2) is 14.5 Å². The number of allylic oxidation sites excluding steroid dienone is 1. The van der Waals surface area contributed by atoms with E-state index in [2.05, 4.69) is 41.7 Å². The van der Waals surface area contributed by atoms with Crippen molar-refractivity contribution in [2.45, 2.75) is 19.5 Å². The van der Waals surface area contributed by atoms with Crippen LogP contribution in [0.25, 0.3) is 5.52 Å². The second-order valence-corrected chi connectivity index (χ2v) is 12.6. The summed E-state index contributed by atoms with van der Waals surface area (Å²) in [6, 6.07) is 8.06. The maximum Gasteiger partial charge on any atom is 0.246 e. The van der Waals surface area contributed by atoms with Crippen LogP contribution in [0.1, 0.15) is 12.0 Å². The van der Waals surface area contributed by atoms with Crippen LogP contribution < -0.4 is 20.4 Å². The van der Waals surface area contributed by atoms with E-state index in [9.17, 15) is 4.79 Å². The number of aliphatic imine (C=N–C) groups is 1. The zero-order chi connectivity index (χ0) is 31.1. The molecule has 13 heteroatoms. The zero-order valence-corrected chi connectivity index (χ0v) is 25.9. The van der Waals surface area contributed by atoms with Gasteiger partial charge in [-0.05, 0) is 55.8 Å². The van der Waals surface area contributed by atoms with E-state index in [1.807, 2.05) is 70.2 Å². The monoisotopic (exact) mass is 622 g/mol. The standard InChI is InChI=1S/C33H38N10O3/c1-24-17-25(4-5-28(24)46-26-6-10-42-29(18-26)34-22-36-42)38-32-31-27(7-11-43(31)37-23-35-32)40-13-15-41(16-14-40)30(44)3-2-9-39-12-8-33(19-39)20-45-21-33/h2-7,10-11,17-18,22-23,29H,8-9,12-16,19-21H2,1H3,(H,34,36)(H,35,37,38)/b3-2+. The summed E-state index contributed by atoms with van der Waals surface area (Å²) in [5.41, 5.74) is 7.25. The molecule has 2 N–H and O–H groups in total. The lowest BCUT2D eigenvalue weighted by molar-refractivity contribution is -0.126. The van der Waals surface area contributed by atoms with Gasteiger partial charge < -0.3 is 24.6 Å². The van der Waals surface area contributed by atoms with E-state index < -0.39 is 0 Å². The van der Waals surface area contributed by atoms with Crippen LogP contribution in [0.4, 0.5) is 17.2 Å². The van der Waals surface area contributed by atoms with Gasteiger partial charge in [0.05, 0.1) is 18.9 Å². The highest BCUT2D eigenvalue weighted by molar-refractivity contribution is 5.89. The Hall–Kier alpha value is -4.88. The number of rotatable bonds is 8. The summed E-state index contributed by atoms with van der Waals surface area (Å²) < 4.78 is 13.5. The SMILES string of the molecule is Cc1cc(Nc2ncnn3ccc(N4CCN(C(=O)/C=C/CN5CCC6(COC6)C5)CC4)c23)ccc1OC1=CC2N=CNN2C=C1. The highest BCUT2D eigenvalue weighted by Crippen LogP contribution is 2.37. The molecule has 5 aliphatic rings. The fraction of sp³-hybridized carbons (Fsp3) is 0.394. The van der Waals surface area contributed by atoms with E-state index >= 15 is 0 Å². The Morgan fingerprint density at radius 3 is 2.89 bits per heavy atom. The van der Waals surface area contributed by atoms with Crippen molar-refractivity contribution in [2.24, 2.45) is 10.4 Å². The Kier molecular flexibility index (Phi) is 7.34. The summed E-state index contributed by atoms with van der Waals surface area (Å²) in [6.45, 7) is 9.54. The van der Waals surface area contributed by atoms with Gasteiger partial charge in [0, 0.05) is 74.9 Å². The number of nitrogens with one attached hydrogen (secondary N) is 2. The number of benzene rings is 1. The van der Waals surface area contributed by atoms with Crippen LogP contribution in [0.5, 0.6) is 5.75 Å². The van der Waals surface area contributed by atoms with Crippen molar-refractivity contribution in [3.8, 4) is 5.75 Å². The van der Waals surface area contributed by atoms with Gasteiger partial charge in [0.15, 0.2) is 12.0 Å². The smallest absolute Gasteiger partial charge is 0.246 e. The first-order chi connectivity index (χ1) is 22.5. The molecule has 46 heavy (non-hydrogen) atoms. The number of aryl methyl sites for hydroxylation is 1. The first kappa shape index (κ1) is 28.6. The van der Waals surface area contributed by atoms with Gasteiger partial charge in [-0.15, -0.1) is 0 Å². The number of nitrogens with zero attached hydrogens (tertiary/aromatic N) is 8. The van der Waals surface area contributed by atoms with Crippen molar-refractivity contribution in [3.63, 3.8) is 0 Å². The third kappa shape index (κ3) is 5.56. The van der Waals surface area contributed by atoms with Gasteiger partial charge in [0.2, 0.25) is 5.91 Å². The Labute approximate surface area is 267 Å². The van der Waals surface area contributed by atoms with E-state index in [0.29, 0.717) is 24.3 Å². The predicted octanol–water partition coefficient (Wildman–Crippen LogP) is 2.67. The van der Waals surface area contributed by atoms with Crippen molar-refractivity contribution >= 4 is 35.0 Å². The zero-order valence-electron chi connectivity index (χ0n) is 25.9. The average molecular weight is 623 g/mol. The molecule has 0 saturated carbocycles. The van der Waals surface area contributed by atoms with Crippen molar-refractivity contribution in [2.75, 3.05) is 69.2 Å². The normalized spacial score (nSPS) is 22.0. The number of fused-ring (bicyclic) bond motifs is 2. The summed E-state index contributed by atoms with van der Waals surface area (Å²) >= 11 is 0. The summed E-state index contributed by atoms with van der Waals surface area (Å²) in [5.74, 6) is 2.32. The lowest BCUT2D eigenvalue weighted by Crippen LogP contribution is -2.48. The number of amides is 1. The molecule has 3 saturated heterocycles. The van der Waals surface area contributed by atoms with E-state index in [-0.39, 0.29) is 12.1 Å². The molecule has 7 heterocycles. The summed E-state index contributed by atoms with van der Waals surface area (Å²) in [4.78, 5) is 28.6. The molecule has 2 aromatic heterocycles. The minimum Gasteiger partial charge on any atom is -0.457 e. The summed E-state index contributed by atoms with van der Waals surface area (Å²) in [6.07, 6.45) is 15.8. The topological polar surface area (TPSA) is 115 Å². The van der Waals surface area contributed by atoms with Crippen LogP contribution in [-0.2, 0) is 9.53 Å². The van der Waals surface area contributed by atoms with Gasteiger partial charge in [0.1, 0.15) is 29.7 Å². The number of likely N-dealkylation sites (tertiary alicyclic amines) is 1. The first-order valence-electron chi connectivity index (χ1n) is 15.9. The minimum atomic E-state index is -0.0984. The molecule has 8 rings (SSSR count). The number of anilines is 3. The molecule has 1 aromatic carbocycles. The minimum absolute atomic E-state index is 0.0811. The fourth-order valence-corrected chi connectivity index (χ4v) is 6.78. The molecule has 1 amide bonds. The van der Waals surface area contributed by atoms with Crippen LogP contribution in [0.15, 0.2) is 78.0 Å². The molecule has 0 aliphatic carbocycles. The lowest BCUT2D eigenvalue weighted by atomic mass is 9.85. The van der Waals surface area contributed by atoms with Crippen LogP contribution in [0.2, 0.25) is 0 Å². The fourth-order valence-electron chi connectivity index (χ4n) is 6.78. The molecular formula is C33H38N10O3. The van der Waals surface area contributed by atoms with Crippen LogP contribution in [0.3, 0.4) is 0 Å². The largest absolute Gasteiger partial charge is 0.457 e. The van der Waals surface area contributed by atoms with Gasteiger partial charge in [-0.2, -0.15) is 5.10 Å². The van der Waals surface area contributed by atoms with Crippen molar-refractivity contribution in [1.29, 1.82) is 0 Å². The Morgan fingerprint density at radius 2 is 2.09 bits per heavy atom. The average Bonchev–Trinajstić information content (AvgIpc) is 3.81. The molecule has 0 bridgehead atoms. The third-order valence-corrected chi connectivity index (χ3v) is 9.42. The number of carbonyl (C=O) groups excluding carboxylic acids is 1. The van der Waals surface area contributed by atoms with Crippen molar-refractivity contribution in [3.05, 3.63) is 78.6 Å². The molecular weight excluding hydrogens is 584 g/mol. The van der Waals surface area contributed by atoms with E-state index in [4.69, 9.17) is 9.47 Å². The highest BCUT2D eigenvalue weighted by Gasteiger charge is 2.43. The molecule has 1 unspecified atom stereocenters. The molecule has 5 aliphatic heterocycles. The molecule has 13 nitrogen and oxygen atoms in total. The molecule has 238 valence electrons. The molecule has 3 fully saturated rings. The maximum absolute atomic E-state index is 13.0. The van der Waals surface area contributed by atoms with E-state index in [1.54, 1.807) is 18.7 Å². The first-order valence-corrected chi connectivity index (χ1v) is 15.9. The number of hydrazine groups is 1. The van der Waals surface area contributed by atoms with Crippen molar-refractivity contribution < 1.29 is 14.3 Å². The Bertz CT molecular complexity index is 1750. The number of hydrogen-bond acceptors (Lipinski definition) is 11. The van der Waals surface area contributed by atoms with E-state index in [1.165, 1.54) is 6.42 Å². The van der Waals surface area contributed by atoms with Crippen molar-refractivity contribution in [1.82, 2.24) is 34.8 Å². The molecule has 1 spiro atoms. The Balaban J connectivity index is 0.898. The second kappa shape index (κ2) is 11.8. The van der Waals surface area contributed by atoms with Gasteiger partial charge >= 0.3 is 0 Å². The van der Waals surface area contributed by atoms with Crippen LogP contribution in [-0.4, -0.2) is 107 Å². The molecule has 3 aromatic rings. The maximum atomic E-state index is 13.0. The lowest BCUT2D eigenvalue weighted by Gasteiger charge is -2.37. The molecule has 0 radical (unpaired) electrons. The van der Waals surface area contributed by atoms with Gasteiger partial charge in [0.25, 0.3) is 0 Å². The van der Waals surface area contributed by atoms with Gasteiger partial charge in [-0.3, -0.25) is 20.1 Å². The highest BCUT2D eigenvalue weighted by atomic mass is 16.5. The summed E-state index contributed by atoms with van der Waals surface area (Å²) in [7, 11) is 0. The number of ether oxygens (including phenoxy) is 2. The van der Waals surface area contributed by atoms with Gasteiger partial charge in [-0.1, -0.05) is 6.08 Å². The number of hydrogen-bond donors (Lipinski definition) is 2. The van der Waals surface area contributed by atoms with E-state index in [0.717, 1.165) is 79.9 Å². The summed E-state index contributed by atoms with van der Waals surface area (Å²) in [5, 5.41) is 9.85. The van der Waals surface area contributed by atoms with Crippen LogP contribution >= 0.6 is 0 Å². The quantitative estimate of drug-likeness (QED) is 0.364. The molecule has 1 atom stereocenters. The third-order valence-electron chi connectivity index (χ3n) is 9.42. The number of piperazine rings is 1. The number of carbonyl (C=O) groups is 1.